The van der Waals surface area contributed by atoms with E-state index in [-0.39, 0.29) is 0 Å². The third-order valence-electron chi connectivity index (χ3n) is 1.45. The predicted octanol–water partition coefficient (Wildman–Crippen LogP) is 2.08. The normalized spacial score (nSPS) is 8.90. The highest BCUT2D eigenvalue weighted by molar-refractivity contribution is 5.40. The van der Waals surface area contributed by atoms with E-state index in [1.807, 2.05) is 26.0 Å². The molecule has 1 rings (SSSR count). The zero-order valence-corrected chi connectivity index (χ0v) is 6.23. The van der Waals surface area contributed by atoms with E-state index in [0.717, 1.165) is 11.1 Å². The zero-order valence-electron chi connectivity index (χ0n) is 6.23. The predicted molar refractivity (Wildman–Crippen MR) is 42.7 cm³/mol. The van der Waals surface area contributed by atoms with Crippen molar-refractivity contribution >= 4 is 0 Å². The molecule has 0 amide bonds. The molecule has 0 N–H and O–H groups in total. The van der Waals surface area contributed by atoms with Gasteiger partial charge in [-0.3, -0.25) is 0 Å². The van der Waals surface area contributed by atoms with E-state index >= 15 is 0 Å². The van der Waals surface area contributed by atoms with Gasteiger partial charge >= 0.3 is 0 Å². The minimum absolute atomic E-state index is 0.944. The molecule has 0 aliphatic carbocycles. The van der Waals surface area contributed by atoms with Crippen LogP contribution in [-0.4, -0.2) is 0 Å². The fourth-order valence-electron chi connectivity index (χ4n) is 0.827. The number of terminal acetylenes is 1. The fraction of sp³-hybridized carbons (Fsp3) is 0.200. The summed E-state index contributed by atoms with van der Waals surface area (Å²) < 4.78 is 0. The highest BCUT2D eigenvalue weighted by Gasteiger charge is 1.92. The lowest BCUT2D eigenvalue weighted by Crippen LogP contribution is -1.82. The SMILES string of the molecule is C#Cc1cc(C)c[c]c1C. The maximum atomic E-state index is 5.25. The first-order chi connectivity index (χ1) is 4.74. The molecule has 1 aromatic carbocycles. The largest absolute Gasteiger partial charge is 0.115 e. The summed E-state index contributed by atoms with van der Waals surface area (Å²) in [6.45, 7) is 3.98. The molecule has 0 saturated heterocycles. The Morgan fingerprint density at radius 2 is 2.20 bits per heavy atom. The number of hydrogen-bond acceptors (Lipinski definition) is 0. The van der Waals surface area contributed by atoms with Gasteiger partial charge in [0.2, 0.25) is 0 Å². The van der Waals surface area contributed by atoms with Crippen LogP contribution in [0.5, 0.6) is 0 Å². The fourth-order valence-corrected chi connectivity index (χ4v) is 0.827. The van der Waals surface area contributed by atoms with Crippen molar-refractivity contribution in [3.63, 3.8) is 0 Å². The van der Waals surface area contributed by atoms with Crippen LogP contribution in [0.25, 0.3) is 0 Å². The van der Waals surface area contributed by atoms with Gasteiger partial charge in [0.05, 0.1) is 0 Å². The monoisotopic (exact) mass is 129 g/mol. The number of hydrogen-bond donors (Lipinski definition) is 0. The molecule has 1 radical (unpaired) electrons. The van der Waals surface area contributed by atoms with Crippen molar-refractivity contribution in [3.8, 4) is 12.3 Å². The molecular weight excluding hydrogens is 120 g/mol. The Labute approximate surface area is 61.9 Å². The molecule has 0 bridgehead atoms. The molecule has 0 heterocycles. The van der Waals surface area contributed by atoms with Crippen LogP contribution in [0.1, 0.15) is 16.7 Å². The minimum Gasteiger partial charge on any atom is -0.115 e. The first-order valence-electron chi connectivity index (χ1n) is 3.19. The van der Waals surface area contributed by atoms with E-state index in [1.165, 1.54) is 5.56 Å². The molecule has 0 heteroatoms. The van der Waals surface area contributed by atoms with Crippen LogP contribution in [0.4, 0.5) is 0 Å². The Bertz CT molecular complexity index is 277. The van der Waals surface area contributed by atoms with Gasteiger partial charge in [0.25, 0.3) is 0 Å². The second kappa shape index (κ2) is 2.58. The molecule has 10 heavy (non-hydrogen) atoms. The van der Waals surface area contributed by atoms with Crippen molar-refractivity contribution in [1.82, 2.24) is 0 Å². The average molecular weight is 129 g/mol. The van der Waals surface area contributed by atoms with Gasteiger partial charge in [-0.2, -0.15) is 0 Å². The van der Waals surface area contributed by atoms with E-state index in [0.29, 0.717) is 0 Å². The lowest BCUT2D eigenvalue weighted by Gasteiger charge is -1.97. The Balaban J connectivity index is 3.25. The summed E-state index contributed by atoms with van der Waals surface area (Å²) in [5.74, 6) is 2.60. The molecular formula is C10H9. The summed E-state index contributed by atoms with van der Waals surface area (Å²) in [6, 6.07) is 7.01. The molecule has 0 saturated carbocycles. The summed E-state index contributed by atoms with van der Waals surface area (Å²) in [5, 5.41) is 0. The van der Waals surface area contributed by atoms with Crippen molar-refractivity contribution in [2.24, 2.45) is 0 Å². The number of benzene rings is 1. The van der Waals surface area contributed by atoms with Gasteiger partial charge in [-0.1, -0.05) is 12.0 Å². The summed E-state index contributed by atoms with van der Waals surface area (Å²) in [6.07, 6.45) is 5.25. The van der Waals surface area contributed by atoms with Gasteiger partial charge < -0.3 is 0 Å². The van der Waals surface area contributed by atoms with Crippen LogP contribution in [-0.2, 0) is 0 Å². The highest BCUT2D eigenvalue weighted by atomic mass is 14.0. The maximum absolute atomic E-state index is 5.25. The molecule has 0 unspecified atom stereocenters. The van der Waals surface area contributed by atoms with Crippen molar-refractivity contribution in [2.45, 2.75) is 13.8 Å². The van der Waals surface area contributed by atoms with E-state index in [4.69, 9.17) is 6.42 Å². The number of rotatable bonds is 0. The molecule has 0 nitrogen and oxygen atoms in total. The molecule has 0 atom stereocenters. The van der Waals surface area contributed by atoms with Crippen LogP contribution in [0.2, 0.25) is 0 Å². The Morgan fingerprint density at radius 3 is 2.70 bits per heavy atom. The van der Waals surface area contributed by atoms with Gasteiger partial charge in [-0.05, 0) is 37.1 Å². The molecule has 0 aliphatic rings. The molecule has 0 spiro atoms. The van der Waals surface area contributed by atoms with Gasteiger partial charge in [0.15, 0.2) is 0 Å². The first kappa shape index (κ1) is 6.89. The van der Waals surface area contributed by atoms with Gasteiger partial charge in [0, 0.05) is 5.56 Å². The standard InChI is InChI=1S/C10H9/c1-4-10-7-8(2)5-6-9(10)3/h1,5,7H,2-3H3. The third-order valence-corrected chi connectivity index (χ3v) is 1.45. The van der Waals surface area contributed by atoms with E-state index in [9.17, 15) is 0 Å². The van der Waals surface area contributed by atoms with Crippen molar-refractivity contribution < 1.29 is 0 Å². The smallest absolute Gasteiger partial charge is 0.0280 e. The van der Waals surface area contributed by atoms with Crippen LogP contribution in [0.3, 0.4) is 0 Å². The maximum Gasteiger partial charge on any atom is 0.0280 e. The van der Waals surface area contributed by atoms with Crippen LogP contribution in [0, 0.1) is 32.3 Å². The molecule has 49 valence electrons. The minimum atomic E-state index is 0.944. The average Bonchev–Trinajstić information content (AvgIpc) is 1.94. The van der Waals surface area contributed by atoms with Gasteiger partial charge in [0.1, 0.15) is 0 Å². The lowest BCUT2D eigenvalue weighted by atomic mass is 10.1. The first-order valence-corrected chi connectivity index (χ1v) is 3.19. The van der Waals surface area contributed by atoms with E-state index in [1.54, 1.807) is 0 Å². The molecule has 1 aromatic rings. The molecule has 0 aliphatic heterocycles. The second-order valence-electron chi connectivity index (χ2n) is 2.36. The summed E-state index contributed by atoms with van der Waals surface area (Å²) in [4.78, 5) is 0. The van der Waals surface area contributed by atoms with E-state index in [2.05, 4.69) is 12.0 Å². The number of aryl methyl sites for hydroxylation is 2. The Morgan fingerprint density at radius 1 is 1.50 bits per heavy atom. The van der Waals surface area contributed by atoms with Crippen molar-refractivity contribution in [2.75, 3.05) is 0 Å². The Hall–Kier alpha value is -1.22. The Kier molecular flexibility index (Phi) is 1.78. The van der Waals surface area contributed by atoms with Gasteiger partial charge in [-0.15, -0.1) is 6.42 Å². The van der Waals surface area contributed by atoms with Gasteiger partial charge in [-0.25, -0.2) is 0 Å². The highest BCUT2D eigenvalue weighted by Crippen LogP contribution is 2.07. The quantitative estimate of drug-likeness (QED) is 0.470. The topological polar surface area (TPSA) is 0 Å². The van der Waals surface area contributed by atoms with Crippen LogP contribution >= 0.6 is 0 Å². The van der Waals surface area contributed by atoms with Crippen LogP contribution in [0.15, 0.2) is 12.1 Å². The summed E-state index contributed by atoms with van der Waals surface area (Å²) >= 11 is 0. The third kappa shape index (κ3) is 1.19. The second-order valence-corrected chi connectivity index (χ2v) is 2.36. The van der Waals surface area contributed by atoms with Crippen molar-refractivity contribution in [3.05, 3.63) is 34.9 Å². The van der Waals surface area contributed by atoms with E-state index < -0.39 is 0 Å². The van der Waals surface area contributed by atoms with Crippen molar-refractivity contribution in [1.29, 1.82) is 0 Å². The molecule has 0 fully saturated rings. The van der Waals surface area contributed by atoms with Crippen LogP contribution < -0.4 is 0 Å². The molecule has 0 aromatic heterocycles. The summed E-state index contributed by atoms with van der Waals surface area (Å²) in [5.41, 5.74) is 3.16. The lowest BCUT2D eigenvalue weighted by molar-refractivity contribution is 1.36. The zero-order chi connectivity index (χ0) is 7.56. The summed E-state index contributed by atoms with van der Waals surface area (Å²) in [7, 11) is 0.